The fourth-order valence-corrected chi connectivity index (χ4v) is 1.95. The Morgan fingerprint density at radius 1 is 1.44 bits per heavy atom. The summed E-state index contributed by atoms with van der Waals surface area (Å²) in [5.41, 5.74) is 0.371. The Kier molecular flexibility index (Phi) is 4.89. The number of nitrogens with one attached hydrogen (secondary N) is 1. The molecule has 4 heteroatoms. The summed E-state index contributed by atoms with van der Waals surface area (Å²) in [5.74, 6) is -0.195. The first-order valence-corrected chi connectivity index (χ1v) is 6.04. The molecule has 0 aliphatic rings. The fraction of sp³-hybridized carbons (Fsp3) is 0.500. The van der Waals surface area contributed by atoms with Gasteiger partial charge in [-0.2, -0.15) is 0 Å². The second-order valence-corrected chi connectivity index (χ2v) is 5.32. The highest BCUT2D eigenvalue weighted by Crippen LogP contribution is 2.27. The van der Waals surface area contributed by atoms with Crippen molar-refractivity contribution in [3.05, 3.63) is 34.1 Å². The summed E-state index contributed by atoms with van der Waals surface area (Å²) in [6.45, 7) is 5.20. The first-order chi connectivity index (χ1) is 7.47. The van der Waals surface area contributed by atoms with Crippen LogP contribution in [0.15, 0.2) is 22.7 Å². The highest BCUT2D eigenvalue weighted by Gasteiger charge is 2.23. The maximum Gasteiger partial charge on any atom is 0.127 e. The summed E-state index contributed by atoms with van der Waals surface area (Å²) >= 11 is 3.34. The van der Waals surface area contributed by atoms with Crippen LogP contribution in [0.3, 0.4) is 0 Å². The number of aliphatic hydroxyl groups is 1. The Morgan fingerprint density at radius 2 is 2.12 bits per heavy atom. The Bertz CT molecular complexity index is 355. The molecule has 0 bridgehead atoms. The van der Waals surface area contributed by atoms with E-state index in [1.54, 1.807) is 12.1 Å². The van der Waals surface area contributed by atoms with Crippen LogP contribution in [0.1, 0.15) is 19.4 Å². The Labute approximate surface area is 104 Å². The van der Waals surface area contributed by atoms with E-state index in [1.165, 1.54) is 6.07 Å². The molecule has 2 N–H and O–H groups in total. The van der Waals surface area contributed by atoms with Crippen molar-refractivity contribution in [3.8, 4) is 0 Å². The predicted molar refractivity (Wildman–Crippen MR) is 67.1 cm³/mol. The molecule has 1 rings (SSSR count). The first-order valence-electron chi connectivity index (χ1n) is 5.24. The molecule has 0 saturated carbocycles. The first kappa shape index (κ1) is 13.6. The Hall–Kier alpha value is -0.450. The lowest BCUT2D eigenvalue weighted by molar-refractivity contribution is 0.286. The molecular weight excluding hydrogens is 273 g/mol. The lowest BCUT2D eigenvalue weighted by atomic mass is 9.84. The monoisotopic (exact) mass is 289 g/mol. The summed E-state index contributed by atoms with van der Waals surface area (Å²) in [7, 11) is 0. The normalized spacial score (nSPS) is 11.8. The average molecular weight is 290 g/mol. The van der Waals surface area contributed by atoms with Gasteiger partial charge >= 0.3 is 0 Å². The van der Waals surface area contributed by atoms with Crippen LogP contribution in [0.25, 0.3) is 0 Å². The molecule has 1 aromatic rings. The number of benzene rings is 1. The Balaban J connectivity index is 2.83. The molecule has 0 heterocycles. The minimum Gasteiger partial charge on any atom is -0.395 e. The van der Waals surface area contributed by atoms with Crippen LogP contribution in [-0.2, 0) is 5.41 Å². The molecular formula is C12H17BrFNO. The van der Waals surface area contributed by atoms with E-state index in [-0.39, 0.29) is 17.8 Å². The van der Waals surface area contributed by atoms with Gasteiger partial charge in [0.25, 0.3) is 0 Å². The van der Waals surface area contributed by atoms with Crippen LogP contribution in [-0.4, -0.2) is 24.8 Å². The van der Waals surface area contributed by atoms with E-state index in [0.29, 0.717) is 18.7 Å². The van der Waals surface area contributed by atoms with Gasteiger partial charge in [0, 0.05) is 23.0 Å². The number of halogens is 2. The largest absolute Gasteiger partial charge is 0.395 e. The molecule has 2 nitrogen and oxygen atoms in total. The van der Waals surface area contributed by atoms with E-state index < -0.39 is 0 Å². The average Bonchev–Trinajstić information content (AvgIpc) is 2.22. The van der Waals surface area contributed by atoms with Crippen LogP contribution in [0, 0.1) is 5.82 Å². The molecule has 0 atom stereocenters. The zero-order valence-electron chi connectivity index (χ0n) is 9.56. The summed E-state index contributed by atoms with van der Waals surface area (Å²) in [6.07, 6.45) is 0. The topological polar surface area (TPSA) is 32.3 Å². The SMILES string of the molecule is CC(C)(CNCCO)c1cc(Br)ccc1F. The maximum absolute atomic E-state index is 13.7. The molecule has 0 aliphatic carbocycles. The molecule has 0 unspecified atom stereocenters. The van der Waals surface area contributed by atoms with Gasteiger partial charge in [-0.1, -0.05) is 29.8 Å². The minimum absolute atomic E-state index is 0.0943. The quantitative estimate of drug-likeness (QED) is 0.816. The van der Waals surface area contributed by atoms with Gasteiger partial charge in [0.05, 0.1) is 6.61 Å². The fourth-order valence-electron chi connectivity index (χ4n) is 1.59. The summed E-state index contributed by atoms with van der Waals surface area (Å²) in [4.78, 5) is 0. The van der Waals surface area contributed by atoms with Gasteiger partial charge in [-0.05, 0) is 23.8 Å². The molecule has 0 saturated heterocycles. The molecule has 0 aliphatic heterocycles. The smallest absolute Gasteiger partial charge is 0.127 e. The van der Waals surface area contributed by atoms with E-state index in [2.05, 4.69) is 21.2 Å². The third-order valence-electron chi connectivity index (χ3n) is 2.51. The van der Waals surface area contributed by atoms with Gasteiger partial charge in [0.1, 0.15) is 5.82 Å². The second-order valence-electron chi connectivity index (χ2n) is 4.41. The highest BCUT2D eigenvalue weighted by atomic mass is 79.9. The van der Waals surface area contributed by atoms with Crippen molar-refractivity contribution < 1.29 is 9.50 Å². The van der Waals surface area contributed by atoms with Gasteiger partial charge in [0.2, 0.25) is 0 Å². The standard InChI is InChI=1S/C12H17BrFNO/c1-12(2,8-15-5-6-16)10-7-9(13)3-4-11(10)14/h3-4,7,15-16H,5-6,8H2,1-2H3. The van der Waals surface area contributed by atoms with Crippen molar-refractivity contribution >= 4 is 15.9 Å². The van der Waals surface area contributed by atoms with Crippen LogP contribution < -0.4 is 5.32 Å². The number of hydrogen-bond acceptors (Lipinski definition) is 2. The summed E-state index contributed by atoms with van der Waals surface area (Å²) < 4.78 is 14.6. The lowest BCUT2D eigenvalue weighted by Gasteiger charge is -2.26. The zero-order chi connectivity index (χ0) is 12.2. The van der Waals surface area contributed by atoms with Crippen LogP contribution in [0.2, 0.25) is 0 Å². The van der Waals surface area contributed by atoms with E-state index in [4.69, 9.17) is 5.11 Å². The molecule has 1 aromatic carbocycles. The highest BCUT2D eigenvalue weighted by molar-refractivity contribution is 9.10. The molecule has 0 fully saturated rings. The van der Waals surface area contributed by atoms with Crippen molar-refractivity contribution in [3.63, 3.8) is 0 Å². The Morgan fingerprint density at radius 3 is 2.75 bits per heavy atom. The zero-order valence-corrected chi connectivity index (χ0v) is 11.1. The number of hydrogen-bond donors (Lipinski definition) is 2. The summed E-state index contributed by atoms with van der Waals surface area (Å²) in [5, 5.41) is 11.8. The molecule has 16 heavy (non-hydrogen) atoms. The second kappa shape index (κ2) is 5.75. The lowest BCUT2D eigenvalue weighted by Crippen LogP contribution is -2.35. The van der Waals surface area contributed by atoms with Crippen molar-refractivity contribution in [1.29, 1.82) is 0 Å². The van der Waals surface area contributed by atoms with Gasteiger partial charge < -0.3 is 10.4 Å². The summed E-state index contributed by atoms with van der Waals surface area (Å²) in [6, 6.07) is 4.96. The number of aliphatic hydroxyl groups excluding tert-OH is 1. The third-order valence-corrected chi connectivity index (χ3v) is 3.01. The maximum atomic E-state index is 13.7. The van der Waals surface area contributed by atoms with Gasteiger partial charge in [-0.15, -0.1) is 0 Å². The van der Waals surface area contributed by atoms with Crippen molar-refractivity contribution in [2.75, 3.05) is 19.7 Å². The molecule has 90 valence electrons. The molecule has 0 spiro atoms. The number of rotatable bonds is 5. The van der Waals surface area contributed by atoms with E-state index in [1.807, 2.05) is 13.8 Å². The van der Waals surface area contributed by atoms with Crippen molar-refractivity contribution in [2.45, 2.75) is 19.3 Å². The molecule has 0 amide bonds. The predicted octanol–water partition coefficient (Wildman–Crippen LogP) is 2.45. The van der Waals surface area contributed by atoms with Crippen LogP contribution in [0.5, 0.6) is 0 Å². The van der Waals surface area contributed by atoms with Gasteiger partial charge in [-0.3, -0.25) is 0 Å². The van der Waals surface area contributed by atoms with E-state index in [0.717, 1.165) is 4.47 Å². The van der Waals surface area contributed by atoms with E-state index >= 15 is 0 Å². The van der Waals surface area contributed by atoms with Crippen molar-refractivity contribution in [1.82, 2.24) is 5.32 Å². The third kappa shape index (κ3) is 3.54. The van der Waals surface area contributed by atoms with Crippen LogP contribution >= 0.6 is 15.9 Å². The molecule has 0 aromatic heterocycles. The minimum atomic E-state index is -0.303. The van der Waals surface area contributed by atoms with Gasteiger partial charge in [-0.25, -0.2) is 4.39 Å². The van der Waals surface area contributed by atoms with Crippen molar-refractivity contribution in [2.24, 2.45) is 0 Å². The van der Waals surface area contributed by atoms with E-state index in [9.17, 15) is 4.39 Å². The molecule has 0 radical (unpaired) electrons. The van der Waals surface area contributed by atoms with Gasteiger partial charge in [0.15, 0.2) is 0 Å². The van der Waals surface area contributed by atoms with Crippen LogP contribution in [0.4, 0.5) is 4.39 Å².